The fraction of sp³-hybridized carbons (Fsp3) is 0.846. The van der Waals surface area contributed by atoms with E-state index in [2.05, 4.69) is 6.92 Å². The molecule has 0 aliphatic rings. The van der Waals surface area contributed by atoms with E-state index >= 15 is 0 Å². The minimum absolute atomic E-state index is 0. The first-order valence-electron chi connectivity index (χ1n) is 6.55. The quantitative estimate of drug-likeness (QED) is 0.347. The molecule has 0 bridgehead atoms. The third-order valence-corrected chi connectivity index (χ3v) is 2.94. The van der Waals surface area contributed by atoms with Crippen molar-refractivity contribution in [1.82, 2.24) is 0 Å². The van der Waals surface area contributed by atoms with Gasteiger partial charge in [-0.25, -0.2) is 0 Å². The van der Waals surface area contributed by atoms with Crippen LogP contribution in [-0.4, -0.2) is 59.9 Å². The number of rotatable bonds is 11. The third-order valence-electron chi connectivity index (χ3n) is 2.94. The van der Waals surface area contributed by atoms with Crippen LogP contribution in [0.15, 0.2) is 0 Å². The predicted octanol–water partition coefficient (Wildman–Crippen LogP) is 2.39. The van der Waals surface area contributed by atoms with Gasteiger partial charge in [0.15, 0.2) is 5.92 Å². The van der Waals surface area contributed by atoms with Gasteiger partial charge in [-0.2, -0.15) is 0 Å². The third kappa shape index (κ3) is 11.3. The summed E-state index contributed by atoms with van der Waals surface area (Å²) in [6.07, 6.45) is 9.14. The van der Waals surface area contributed by atoms with Gasteiger partial charge in [0.05, 0.1) is 0 Å². The van der Waals surface area contributed by atoms with Crippen molar-refractivity contribution in [2.45, 2.75) is 64.7 Å². The molecule has 0 radical (unpaired) electrons. The molecule has 4 nitrogen and oxygen atoms in total. The second kappa shape index (κ2) is 13.6. The topological polar surface area (TPSA) is 74.6 Å². The van der Waals surface area contributed by atoms with Gasteiger partial charge in [-0.3, -0.25) is 9.59 Å². The summed E-state index contributed by atoms with van der Waals surface area (Å²) in [5, 5.41) is 17.3. The molecular weight excluding hydrogens is 260 g/mol. The van der Waals surface area contributed by atoms with Gasteiger partial charge >= 0.3 is 49.7 Å². The van der Waals surface area contributed by atoms with Crippen molar-refractivity contribution in [3.8, 4) is 0 Å². The number of unbranched alkanes of at least 4 members (excludes halogenated alkanes) is 7. The van der Waals surface area contributed by atoms with E-state index in [9.17, 15) is 9.59 Å². The van der Waals surface area contributed by atoms with E-state index in [-0.39, 0.29) is 44.2 Å². The molecule has 18 heavy (non-hydrogen) atoms. The summed E-state index contributed by atoms with van der Waals surface area (Å²) in [5.74, 6) is -3.67. The summed E-state index contributed by atoms with van der Waals surface area (Å²) in [5.41, 5.74) is 0. The molecule has 0 aliphatic heterocycles. The first-order valence-corrected chi connectivity index (χ1v) is 6.55. The Bertz CT molecular complexity index is 217. The summed E-state index contributed by atoms with van der Waals surface area (Å²) in [4.78, 5) is 21.2. The van der Waals surface area contributed by atoms with E-state index in [1.807, 2.05) is 0 Å². The Morgan fingerprint density at radius 3 is 1.61 bits per heavy atom. The number of carbonyl (C=O) groups is 2. The molecule has 0 amide bonds. The van der Waals surface area contributed by atoms with Gasteiger partial charge < -0.3 is 10.2 Å². The zero-order valence-electron chi connectivity index (χ0n) is 10.7. The normalized spacial score (nSPS) is 10.1. The number of carboxylic acid groups (broad SMARTS) is 2. The Labute approximate surface area is 139 Å². The van der Waals surface area contributed by atoms with Gasteiger partial charge in [-0.1, -0.05) is 58.3 Å². The van der Waals surface area contributed by atoms with Crippen molar-refractivity contribution >= 4 is 49.7 Å². The SMILES string of the molecule is CCCCCCCCCCC(C(=O)O)C(=O)O.[CaH2]. The summed E-state index contributed by atoms with van der Waals surface area (Å²) < 4.78 is 0. The van der Waals surface area contributed by atoms with Crippen LogP contribution in [0.25, 0.3) is 0 Å². The number of hydrogen-bond donors (Lipinski definition) is 2. The van der Waals surface area contributed by atoms with Crippen LogP contribution in [0.4, 0.5) is 0 Å². The molecule has 0 heterocycles. The molecule has 104 valence electrons. The van der Waals surface area contributed by atoms with Crippen molar-refractivity contribution in [3.05, 3.63) is 0 Å². The Balaban J connectivity index is 0. The predicted molar refractivity (Wildman–Crippen MR) is 74.5 cm³/mol. The first kappa shape index (κ1) is 20.5. The first-order chi connectivity index (χ1) is 8.09. The van der Waals surface area contributed by atoms with E-state index in [4.69, 9.17) is 10.2 Å². The van der Waals surface area contributed by atoms with Crippen LogP contribution < -0.4 is 0 Å². The van der Waals surface area contributed by atoms with E-state index in [1.165, 1.54) is 32.1 Å². The second-order valence-electron chi connectivity index (χ2n) is 4.49. The molecule has 0 aliphatic carbocycles. The van der Waals surface area contributed by atoms with Crippen LogP contribution in [0.3, 0.4) is 0 Å². The van der Waals surface area contributed by atoms with Crippen molar-refractivity contribution in [3.63, 3.8) is 0 Å². The van der Waals surface area contributed by atoms with Crippen LogP contribution in [0, 0.1) is 5.92 Å². The molecule has 5 heteroatoms. The molecule has 0 aromatic heterocycles. The maximum atomic E-state index is 10.6. The van der Waals surface area contributed by atoms with Crippen LogP contribution >= 0.6 is 0 Å². The molecular formula is C13H26CaO4. The standard InChI is InChI=1S/C13H24O4.Ca.2H/c1-2-3-4-5-6-7-8-9-10-11(12(14)15)13(16)17;;;/h11H,2-10H2,1H3,(H,14,15)(H,16,17);;;. The van der Waals surface area contributed by atoms with Crippen molar-refractivity contribution in [1.29, 1.82) is 0 Å². The molecule has 0 saturated heterocycles. The van der Waals surface area contributed by atoms with Gasteiger partial charge in [-0.15, -0.1) is 0 Å². The Kier molecular flexibility index (Phi) is 15.5. The van der Waals surface area contributed by atoms with Gasteiger partial charge in [0.2, 0.25) is 0 Å². The average molecular weight is 286 g/mol. The summed E-state index contributed by atoms with van der Waals surface area (Å²) in [6, 6.07) is 0. The van der Waals surface area contributed by atoms with Gasteiger partial charge in [0, 0.05) is 0 Å². The molecule has 0 spiro atoms. The van der Waals surface area contributed by atoms with E-state index < -0.39 is 17.9 Å². The van der Waals surface area contributed by atoms with E-state index in [1.54, 1.807) is 0 Å². The van der Waals surface area contributed by atoms with Crippen LogP contribution in [0.5, 0.6) is 0 Å². The molecule has 0 fully saturated rings. The molecule has 0 rings (SSSR count). The number of aliphatic carboxylic acids is 2. The van der Waals surface area contributed by atoms with Gasteiger partial charge in [0.25, 0.3) is 0 Å². The molecule has 0 aromatic carbocycles. The molecule has 0 saturated carbocycles. The van der Waals surface area contributed by atoms with E-state index in [0.29, 0.717) is 6.42 Å². The Hall–Kier alpha value is 0.200. The minimum atomic E-state index is -1.23. The molecule has 0 atom stereocenters. The molecule has 0 aromatic rings. The number of hydrogen-bond acceptors (Lipinski definition) is 2. The average Bonchev–Trinajstić information content (AvgIpc) is 2.26. The fourth-order valence-electron chi connectivity index (χ4n) is 1.83. The monoisotopic (exact) mass is 286 g/mol. The zero-order valence-corrected chi connectivity index (χ0v) is 10.7. The second-order valence-corrected chi connectivity index (χ2v) is 4.49. The molecule has 2 N–H and O–H groups in total. The van der Waals surface area contributed by atoms with Crippen LogP contribution in [0.2, 0.25) is 0 Å². The summed E-state index contributed by atoms with van der Waals surface area (Å²) in [6.45, 7) is 2.18. The van der Waals surface area contributed by atoms with Crippen LogP contribution in [-0.2, 0) is 9.59 Å². The van der Waals surface area contributed by atoms with Crippen LogP contribution in [0.1, 0.15) is 64.7 Å². The van der Waals surface area contributed by atoms with Gasteiger partial charge in [-0.05, 0) is 6.42 Å². The summed E-state index contributed by atoms with van der Waals surface area (Å²) in [7, 11) is 0. The van der Waals surface area contributed by atoms with E-state index in [0.717, 1.165) is 12.8 Å². The fourth-order valence-corrected chi connectivity index (χ4v) is 1.83. The zero-order chi connectivity index (χ0) is 13.1. The summed E-state index contributed by atoms with van der Waals surface area (Å²) >= 11 is 0. The maximum absolute atomic E-state index is 10.6. The number of carboxylic acids is 2. The Morgan fingerprint density at radius 1 is 0.833 bits per heavy atom. The van der Waals surface area contributed by atoms with Crippen molar-refractivity contribution in [2.24, 2.45) is 5.92 Å². The van der Waals surface area contributed by atoms with Crippen molar-refractivity contribution in [2.75, 3.05) is 0 Å². The van der Waals surface area contributed by atoms with Gasteiger partial charge in [0.1, 0.15) is 0 Å². The Morgan fingerprint density at radius 2 is 1.22 bits per heavy atom. The molecule has 0 unspecified atom stereocenters. The van der Waals surface area contributed by atoms with Crippen molar-refractivity contribution < 1.29 is 19.8 Å².